The van der Waals surface area contributed by atoms with Crippen LogP contribution >= 0.6 is 0 Å². The van der Waals surface area contributed by atoms with Crippen LogP contribution in [0.15, 0.2) is 24.8 Å². The summed E-state index contributed by atoms with van der Waals surface area (Å²) in [5, 5.41) is 8.43. The summed E-state index contributed by atoms with van der Waals surface area (Å²) in [6, 6.07) is 4.17. The summed E-state index contributed by atoms with van der Waals surface area (Å²) in [6.45, 7) is 8.39. The SMILES string of the molecule is C=CCn1nc(C(=O)N2CCN(C)CC2)c2c1CC[C@H](NCc1cc(OC)c(OC)c(OC)c1)C2. The maximum Gasteiger partial charge on any atom is 0.274 e. The molecule has 0 unspecified atom stereocenters. The number of nitrogens with zero attached hydrogens (tertiary/aromatic N) is 4. The van der Waals surface area contributed by atoms with Crippen LogP contribution in [0.4, 0.5) is 0 Å². The van der Waals surface area contributed by atoms with Gasteiger partial charge in [0.2, 0.25) is 5.75 Å². The topological polar surface area (TPSA) is 81.1 Å². The van der Waals surface area contributed by atoms with Crippen LogP contribution in [0.2, 0.25) is 0 Å². The number of aromatic nitrogens is 2. The highest BCUT2D eigenvalue weighted by Gasteiger charge is 2.31. The molecule has 0 saturated carbocycles. The molecule has 1 saturated heterocycles. The Kier molecular flexibility index (Phi) is 7.97. The van der Waals surface area contributed by atoms with Gasteiger partial charge in [-0.15, -0.1) is 6.58 Å². The maximum atomic E-state index is 13.4. The lowest BCUT2D eigenvalue weighted by Crippen LogP contribution is -2.47. The summed E-state index contributed by atoms with van der Waals surface area (Å²) in [7, 11) is 6.94. The smallest absolute Gasteiger partial charge is 0.274 e. The van der Waals surface area contributed by atoms with Crippen LogP contribution in [0.3, 0.4) is 0 Å². The Bertz CT molecular complexity index is 1030. The van der Waals surface area contributed by atoms with E-state index in [-0.39, 0.29) is 11.9 Å². The molecule has 0 spiro atoms. The van der Waals surface area contributed by atoms with Gasteiger partial charge in [-0.3, -0.25) is 9.48 Å². The molecular weight excluding hydrogens is 446 g/mol. The Balaban J connectivity index is 1.51. The minimum atomic E-state index is 0.0439. The molecule has 35 heavy (non-hydrogen) atoms. The second-order valence-electron chi connectivity index (χ2n) is 9.19. The lowest BCUT2D eigenvalue weighted by Gasteiger charge is -2.32. The Morgan fingerprint density at radius 2 is 1.83 bits per heavy atom. The number of carbonyl (C=O) groups excluding carboxylic acids is 1. The first-order chi connectivity index (χ1) is 17.0. The van der Waals surface area contributed by atoms with Crippen molar-refractivity contribution in [3.05, 3.63) is 47.3 Å². The number of nitrogens with one attached hydrogen (secondary N) is 1. The first-order valence-electron chi connectivity index (χ1n) is 12.2. The predicted molar refractivity (Wildman–Crippen MR) is 135 cm³/mol. The minimum Gasteiger partial charge on any atom is -0.493 e. The van der Waals surface area contributed by atoms with E-state index >= 15 is 0 Å². The Labute approximate surface area is 207 Å². The van der Waals surface area contributed by atoms with Gasteiger partial charge < -0.3 is 29.3 Å². The van der Waals surface area contributed by atoms with E-state index in [1.807, 2.05) is 27.8 Å². The largest absolute Gasteiger partial charge is 0.493 e. The Morgan fingerprint density at radius 3 is 2.43 bits per heavy atom. The molecule has 1 aliphatic carbocycles. The number of fused-ring (bicyclic) bond motifs is 1. The van der Waals surface area contributed by atoms with Gasteiger partial charge in [-0.05, 0) is 44.0 Å². The number of benzene rings is 1. The van der Waals surface area contributed by atoms with Crippen molar-refractivity contribution in [2.75, 3.05) is 54.6 Å². The fourth-order valence-electron chi connectivity index (χ4n) is 4.97. The Morgan fingerprint density at radius 1 is 1.14 bits per heavy atom. The van der Waals surface area contributed by atoms with Gasteiger partial charge in [0.05, 0.1) is 27.9 Å². The molecule has 1 amide bonds. The van der Waals surface area contributed by atoms with Crippen LogP contribution in [0.25, 0.3) is 0 Å². The number of allylic oxidation sites excluding steroid dienone is 1. The van der Waals surface area contributed by atoms with Gasteiger partial charge in [0.25, 0.3) is 5.91 Å². The van der Waals surface area contributed by atoms with Gasteiger partial charge >= 0.3 is 0 Å². The molecule has 2 aromatic rings. The molecule has 2 heterocycles. The number of hydrogen-bond donors (Lipinski definition) is 1. The van der Waals surface area contributed by atoms with E-state index in [2.05, 4.69) is 23.8 Å². The summed E-state index contributed by atoms with van der Waals surface area (Å²) in [6.07, 6.45) is 4.46. The highest BCUT2D eigenvalue weighted by molar-refractivity contribution is 5.94. The zero-order valence-electron chi connectivity index (χ0n) is 21.3. The maximum absolute atomic E-state index is 13.4. The molecule has 1 N–H and O–H groups in total. The number of carbonyl (C=O) groups is 1. The van der Waals surface area contributed by atoms with Crippen molar-refractivity contribution in [1.29, 1.82) is 0 Å². The molecule has 1 fully saturated rings. The third-order valence-electron chi connectivity index (χ3n) is 6.96. The van der Waals surface area contributed by atoms with E-state index in [0.29, 0.717) is 36.0 Å². The van der Waals surface area contributed by atoms with E-state index in [0.717, 1.165) is 62.3 Å². The number of methoxy groups -OCH3 is 3. The third kappa shape index (κ3) is 5.31. The lowest BCUT2D eigenvalue weighted by molar-refractivity contribution is 0.0656. The third-order valence-corrected chi connectivity index (χ3v) is 6.96. The molecule has 1 aromatic heterocycles. The van der Waals surface area contributed by atoms with Crippen molar-refractivity contribution in [2.24, 2.45) is 0 Å². The van der Waals surface area contributed by atoms with Crippen LogP contribution in [-0.4, -0.2) is 86.1 Å². The normalized spacial score (nSPS) is 18.2. The number of hydrogen-bond acceptors (Lipinski definition) is 7. The van der Waals surface area contributed by atoms with Gasteiger partial charge in [-0.1, -0.05) is 6.08 Å². The van der Waals surface area contributed by atoms with Crippen LogP contribution < -0.4 is 19.5 Å². The van der Waals surface area contributed by atoms with E-state index in [4.69, 9.17) is 19.3 Å². The van der Waals surface area contributed by atoms with Crippen LogP contribution in [0, 0.1) is 0 Å². The van der Waals surface area contributed by atoms with Crippen LogP contribution in [-0.2, 0) is 25.9 Å². The van der Waals surface area contributed by atoms with E-state index in [9.17, 15) is 4.79 Å². The van der Waals surface area contributed by atoms with E-state index in [1.54, 1.807) is 21.3 Å². The van der Waals surface area contributed by atoms with Crippen molar-refractivity contribution in [3.63, 3.8) is 0 Å². The first-order valence-corrected chi connectivity index (χ1v) is 12.2. The monoisotopic (exact) mass is 483 g/mol. The Hall–Kier alpha value is -3.04. The number of ether oxygens (including phenoxy) is 3. The molecule has 9 nitrogen and oxygen atoms in total. The zero-order valence-corrected chi connectivity index (χ0v) is 21.3. The molecule has 9 heteroatoms. The van der Waals surface area contributed by atoms with Crippen molar-refractivity contribution in [3.8, 4) is 17.2 Å². The molecule has 1 atom stereocenters. The highest BCUT2D eigenvalue weighted by atomic mass is 16.5. The number of likely N-dealkylation sites (N-methyl/N-ethyl adjacent to an activating group) is 1. The summed E-state index contributed by atoms with van der Waals surface area (Å²) in [5.74, 6) is 1.91. The van der Waals surface area contributed by atoms with E-state index < -0.39 is 0 Å². The molecule has 4 rings (SSSR count). The van der Waals surface area contributed by atoms with Crippen molar-refractivity contribution in [2.45, 2.75) is 38.4 Å². The fourth-order valence-corrected chi connectivity index (χ4v) is 4.97. The average Bonchev–Trinajstić information content (AvgIpc) is 3.24. The number of amides is 1. The summed E-state index contributed by atoms with van der Waals surface area (Å²) in [4.78, 5) is 17.6. The van der Waals surface area contributed by atoms with Gasteiger partial charge in [-0.25, -0.2) is 0 Å². The predicted octanol–water partition coefficient (Wildman–Crippen LogP) is 2.13. The summed E-state index contributed by atoms with van der Waals surface area (Å²) < 4.78 is 18.4. The van der Waals surface area contributed by atoms with Crippen LogP contribution in [0.5, 0.6) is 17.2 Å². The quantitative estimate of drug-likeness (QED) is 0.547. The lowest BCUT2D eigenvalue weighted by atomic mass is 9.90. The van der Waals surface area contributed by atoms with Crippen LogP contribution in [0.1, 0.15) is 33.7 Å². The molecule has 1 aromatic carbocycles. The average molecular weight is 484 g/mol. The second-order valence-corrected chi connectivity index (χ2v) is 9.19. The molecular formula is C26H37N5O4. The summed E-state index contributed by atoms with van der Waals surface area (Å²) >= 11 is 0. The van der Waals surface area contributed by atoms with E-state index in [1.165, 1.54) is 0 Å². The zero-order chi connectivity index (χ0) is 24.9. The highest BCUT2D eigenvalue weighted by Crippen LogP contribution is 2.38. The van der Waals surface area contributed by atoms with Gasteiger partial charge in [0.15, 0.2) is 17.2 Å². The minimum absolute atomic E-state index is 0.0439. The van der Waals surface area contributed by atoms with Crippen molar-refractivity contribution >= 4 is 5.91 Å². The van der Waals surface area contributed by atoms with Crippen molar-refractivity contribution < 1.29 is 19.0 Å². The second kappa shape index (κ2) is 11.1. The molecule has 190 valence electrons. The van der Waals surface area contributed by atoms with Gasteiger partial charge in [-0.2, -0.15) is 5.10 Å². The fraction of sp³-hybridized carbons (Fsp3) is 0.538. The van der Waals surface area contributed by atoms with Crippen molar-refractivity contribution in [1.82, 2.24) is 24.9 Å². The molecule has 0 bridgehead atoms. The number of rotatable bonds is 9. The van der Waals surface area contributed by atoms with Gasteiger partial charge in [0.1, 0.15) is 0 Å². The molecule has 1 aliphatic heterocycles. The summed E-state index contributed by atoms with van der Waals surface area (Å²) in [5.41, 5.74) is 3.88. The number of piperazine rings is 1. The van der Waals surface area contributed by atoms with Gasteiger partial charge in [0, 0.05) is 50.0 Å². The molecule has 0 radical (unpaired) electrons. The molecule has 2 aliphatic rings. The first kappa shape index (κ1) is 25.1. The standard InChI is InChI=1S/C26H37N5O4/c1-6-9-31-21-8-7-19(27-17-18-14-22(33-3)25(35-5)23(15-18)34-4)16-20(21)24(28-31)26(32)30-12-10-29(2)11-13-30/h6,14-15,19,27H,1,7-13,16-17H2,2-5H3/t19-/m0/s1.